The summed E-state index contributed by atoms with van der Waals surface area (Å²) in [5.41, 5.74) is -7.19. The maximum absolute atomic E-state index is 10.1. The molecule has 0 saturated carbocycles. The summed E-state index contributed by atoms with van der Waals surface area (Å²) in [4.78, 5) is 0. The zero-order chi connectivity index (χ0) is 56.6. The molecule has 0 fully saturated rings. The first kappa shape index (κ1) is 10.0. The highest BCUT2D eigenvalue weighted by Crippen LogP contribution is 2.46. The molecule has 0 nitrogen and oxygen atoms in total. The third-order valence-corrected chi connectivity index (χ3v) is 7.19. The second-order valence-corrected chi connectivity index (χ2v) is 9.75. The number of fused-ring (bicyclic) bond motifs is 4. The fourth-order valence-corrected chi connectivity index (χ4v) is 5.22. The van der Waals surface area contributed by atoms with E-state index in [0.29, 0.717) is 0 Å². The summed E-state index contributed by atoms with van der Waals surface area (Å²) in [5, 5.41) is -6.21. The summed E-state index contributed by atoms with van der Waals surface area (Å²) >= 11 is 0. The molecule has 9 aromatic rings. The van der Waals surface area contributed by atoms with Crippen molar-refractivity contribution in [1.82, 2.24) is 0 Å². The Bertz CT molecular complexity index is 4240. The van der Waals surface area contributed by atoms with Gasteiger partial charge in [-0.3, -0.25) is 0 Å². The summed E-state index contributed by atoms with van der Waals surface area (Å²) in [6.07, 6.45) is 0. The molecule has 0 bridgehead atoms. The lowest BCUT2D eigenvalue weighted by molar-refractivity contribution is 1.62. The third-order valence-electron chi connectivity index (χ3n) is 7.19. The van der Waals surface area contributed by atoms with Crippen LogP contribution in [-0.2, 0) is 0 Å². The maximum atomic E-state index is 10.1. The molecule has 0 heteroatoms. The molecular weight excluding hydrogens is 553 g/mol. The number of hydrogen-bond acceptors (Lipinski definition) is 0. The first-order valence-corrected chi connectivity index (χ1v) is 13.5. The van der Waals surface area contributed by atoms with Crippen molar-refractivity contribution in [2.24, 2.45) is 0 Å². The van der Waals surface area contributed by atoms with Gasteiger partial charge in [-0.1, -0.05) is 163 Å². The molecule has 0 N–H and O–H groups in total. The van der Waals surface area contributed by atoms with Crippen LogP contribution < -0.4 is 0 Å². The summed E-state index contributed by atoms with van der Waals surface area (Å²) in [5.74, 6) is 0. The Labute approximate surface area is 311 Å². The van der Waals surface area contributed by atoms with Gasteiger partial charge in [0.25, 0.3) is 0 Å². The molecule has 9 rings (SSSR count). The quantitative estimate of drug-likeness (QED) is 0.173. The van der Waals surface area contributed by atoms with Crippen molar-refractivity contribution >= 4 is 43.1 Å². The lowest BCUT2D eigenvalue weighted by Crippen LogP contribution is -1.93. The van der Waals surface area contributed by atoms with E-state index in [4.69, 9.17) is 27.4 Å². The van der Waals surface area contributed by atoms with Gasteiger partial charge in [-0.25, -0.2) is 0 Å². The fraction of sp³-hybridized carbons (Fsp3) is 0. The molecule has 46 heavy (non-hydrogen) atoms. The van der Waals surface area contributed by atoms with Crippen LogP contribution in [0.3, 0.4) is 0 Å². The summed E-state index contributed by atoms with van der Waals surface area (Å²) in [6.45, 7) is 0. The molecule has 0 aromatic heterocycles. The van der Waals surface area contributed by atoms with Crippen molar-refractivity contribution in [1.29, 1.82) is 0 Å². The standard InChI is InChI=1S/C46H30/c1-2-12-31(13-3-1)37-26-27-43-44(30-37)45(38-19-10-18-35(29-38)36-25-24-32-14-4-5-16-34(32)28-36)41-21-8-9-22-42(41)46(43)40-23-11-17-33-15-6-7-20-39(33)40/h1-30H/i1D,2D,3D,4D,5D,6D,7D,8D,9D,10D,11D,12D,13D,14D,15D,16D,17D,18D,19D,20D,21D,22D,23D,24D,25D,26D,27D,28D,29D,30D. The van der Waals surface area contributed by atoms with E-state index in [0.717, 1.165) is 0 Å². The smallest absolute Gasteiger partial charge is 0.0622 e. The van der Waals surface area contributed by atoms with Gasteiger partial charge >= 0.3 is 0 Å². The predicted octanol–water partition coefficient (Wildman–Crippen LogP) is 13.0. The zero-order valence-corrected chi connectivity index (χ0v) is 23.0. The Balaban J connectivity index is 1.69. The fourth-order valence-electron chi connectivity index (χ4n) is 5.22. The minimum absolute atomic E-state index is 0.608. The van der Waals surface area contributed by atoms with Crippen molar-refractivity contribution in [2.45, 2.75) is 0 Å². The SMILES string of the molecule is [2H]c1c([2H])c([2H])c(-c2c([2H])c([2H])c3c(-c4c([2H])c([2H])c([2H])c5c([2H])c([2H])c([2H])c([2H])c45)c4c([2H])c([2H])c([2H])c([2H])c4c(-c4c([2H])c([2H])c([2H])c(-c5c([2H])c([2H])c6c([2H])c([2H])c([2H])c([2H])c6c5[2H])c4[2H])c3c2[2H])c([2H])c1[2H]. The monoisotopic (exact) mass is 612 g/mol. The van der Waals surface area contributed by atoms with Crippen LogP contribution in [0.1, 0.15) is 41.1 Å². The van der Waals surface area contributed by atoms with Gasteiger partial charge in [0.15, 0.2) is 0 Å². The Morgan fingerprint density at radius 3 is 1.65 bits per heavy atom. The Morgan fingerprint density at radius 1 is 0.261 bits per heavy atom. The summed E-state index contributed by atoms with van der Waals surface area (Å²) in [7, 11) is 0. The lowest BCUT2D eigenvalue weighted by atomic mass is 9.83. The number of rotatable bonds is 4. The molecule has 0 heterocycles. The van der Waals surface area contributed by atoms with Crippen molar-refractivity contribution in [3.63, 3.8) is 0 Å². The summed E-state index contributed by atoms with van der Waals surface area (Å²) < 4.78 is 270. The zero-order valence-electron chi connectivity index (χ0n) is 53.0. The average Bonchev–Trinajstić information content (AvgIpc) is 3.38. The van der Waals surface area contributed by atoms with Crippen LogP contribution in [0.25, 0.3) is 87.6 Å². The topological polar surface area (TPSA) is 0 Å². The van der Waals surface area contributed by atoms with Gasteiger partial charge in [-0.15, -0.1) is 0 Å². The molecule has 0 spiro atoms. The maximum Gasteiger partial charge on any atom is 0.0636 e. The predicted molar refractivity (Wildman–Crippen MR) is 198 cm³/mol. The van der Waals surface area contributed by atoms with E-state index in [2.05, 4.69) is 0 Å². The van der Waals surface area contributed by atoms with Crippen LogP contribution in [0, 0.1) is 0 Å². The van der Waals surface area contributed by atoms with Crippen molar-refractivity contribution in [2.75, 3.05) is 0 Å². The molecule has 9 aromatic carbocycles. The van der Waals surface area contributed by atoms with Crippen molar-refractivity contribution in [3.05, 3.63) is 181 Å². The van der Waals surface area contributed by atoms with E-state index in [9.17, 15) is 13.7 Å². The lowest BCUT2D eigenvalue weighted by Gasteiger charge is -2.20. The highest BCUT2D eigenvalue weighted by atomic mass is 14.2. The van der Waals surface area contributed by atoms with Crippen LogP contribution in [0.4, 0.5) is 0 Å². The average molecular weight is 613 g/mol. The first-order valence-electron chi connectivity index (χ1n) is 28.5. The van der Waals surface area contributed by atoms with Gasteiger partial charge in [0, 0.05) is 0 Å². The third kappa shape index (κ3) is 4.38. The van der Waals surface area contributed by atoms with E-state index < -0.39 is 269 Å². The molecule has 214 valence electrons. The van der Waals surface area contributed by atoms with Crippen LogP contribution in [-0.4, -0.2) is 0 Å². The minimum atomic E-state index is -1.17. The molecule has 0 aliphatic rings. The number of benzene rings is 9. The van der Waals surface area contributed by atoms with E-state index >= 15 is 0 Å². The van der Waals surface area contributed by atoms with Gasteiger partial charge in [0.2, 0.25) is 0 Å². The van der Waals surface area contributed by atoms with Crippen LogP contribution in [0.15, 0.2) is 181 Å². The second-order valence-electron chi connectivity index (χ2n) is 9.75. The second kappa shape index (κ2) is 10.9. The molecule has 0 radical (unpaired) electrons. The number of hydrogen-bond donors (Lipinski definition) is 0. The largest absolute Gasteiger partial charge is 0.0636 e. The highest BCUT2D eigenvalue weighted by Gasteiger charge is 2.19. The van der Waals surface area contributed by atoms with E-state index in [-0.39, 0.29) is 0 Å². The van der Waals surface area contributed by atoms with Gasteiger partial charge in [-0.05, 0) is 106 Å². The van der Waals surface area contributed by atoms with Crippen molar-refractivity contribution in [3.8, 4) is 44.5 Å². The van der Waals surface area contributed by atoms with E-state index in [1.807, 2.05) is 0 Å². The molecule has 0 unspecified atom stereocenters. The van der Waals surface area contributed by atoms with Crippen LogP contribution >= 0.6 is 0 Å². The van der Waals surface area contributed by atoms with Crippen LogP contribution in [0.2, 0.25) is 0 Å². The van der Waals surface area contributed by atoms with Gasteiger partial charge in [0.05, 0.1) is 41.1 Å². The molecule has 0 aliphatic heterocycles. The van der Waals surface area contributed by atoms with Crippen LogP contribution in [0.5, 0.6) is 0 Å². The van der Waals surface area contributed by atoms with Gasteiger partial charge in [-0.2, -0.15) is 0 Å². The molecule has 0 aliphatic carbocycles. The first-order chi connectivity index (χ1) is 35.3. The normalized spacial score (nSPS) is 20.6. The molecule has 0 saturated heterocycles. The van der Waals surface area contributed by atoms with Gasteiger partial charge in [0.1, 0.15) is 0 Å². The van der Waals surface area contributed by atoms with Gasteiger partial charge < -0.3 is 0 Å². The van der Waals surface area contributed by atoms with Crippen molar-refractivity contribution < 1.29 is 41.1 Å². The molecular formula is C46H30. The minimum Gasteiger partial charge on any atom is -0.0622 e. The molecule has 0 amide bonds. The van der Waals surface area contributed by atoms with E-state index in [1.165, 1.54) is 0 Å². The summed E-state index contributed by atoms with van der Waals surface area (Å²) in [6, 6.07) is -30.4. The molecule has 0 atom stereocenters. The Morgan fingerprint density at radius 2 is 0.804 bits per heavy atom. The Kier molecular flexibility index (Phi) is 2.37. The van der Waals surface area contributed by atoms with E-state index in [1.54, 1.807) is 0 Å². The Hall–Kier alpha value is -5.98. The highest BCUT2D eigenvalue weighted by molar-refractivity contribution is 6.24.